The average molecular weight is 323 g/mol. The summed E-state index contributed by atoms with van der Waals surface area (Å²) in [5.41, 5.74) is 0.199. The van der Waals surface area contributed by atoms with Crippen molar-refractivity contribution in [3.63, 3.8) is 0 Å². The molecule has 0 bridgehead atoms. The van der Waals surface area contributed by atoms with Crippen molar-refractivity contribution < 1.29 is 33.8 Å². The second-order valence-corrected chi connectivity index (χ2v) is 4.60. The van der Waals surface area contributed by atoms with Gasteiger partial charge in [-0.2, -0.15) is 0 Å². The van der Waals surface area contributed by atoms with Crippen LogP contribution in [0.25, 0.3) is 0 Å². The number of carbonyl (C=O) groups is 4. The minimum Gasteiger partial charge on any atom is -0.480 e. The summed E-state index contributed by atoms with van der Waals surface area (Å²) in [4.78, 5) is 45.0. The van der Waals surface area contributed by atoms with E-state index in [2.05, 4.69) is 10.1 Å². The molecule has 0 aliphatic rings. The number of esters is 2. The number of carboxylic acid groups (broad SMARTS) is 1. The molecule has 0 aliphatic carbocycles. The van der Waals surface area contributed by atoms with Crippen LogP contribution in [-0.4, -0.2) is 42.1 Å². The average Bonchev–Trinajstić information content (AvgIpc) is 2.50. The number of carboxylic acids is 1. The van der Waals surface area contributed by atoms with E-state index in [9.17, 15) is 19.2 Å². The summed E-state index contributed by atoms with van der Waals surface area (Å²) in [5, 5.41) is 11.4. The molecular weight excluding hydrogens is 306 g/mol. The van der Waals surface area contributed by atoms with Crippen molar-refractivity contribution >= 4 is 23.8 Å². The number of hydrogen-bond donors (Lipinski definition) is 2. The summed E-state index contributed by atoms with van der Waals surface area (Å²) < 4.78 is 9.26. The van der Waals surface area contributed by atoms with E-state index >= 15 is 0 Å². The summed E-state index contributed by atoms with van der Waals surface area (Å²) in [6.07, 6.45) is -0.210. The van der Waals surface area contributed by atoms with Gasteiger partial charge in [0.05, 0.1) is 7.11 Å². The van der Waals surface area contributed by atoms with Gasteiger partial charge in [-0.15, -0.1) is 0 Å². The first-order valence-electron chi connectivity index (χ1n) is 6.72. The summed E-state index contributed by atoms with van der Waals surface area (Å²) in [6, 6.07) is 4.41. The molecule has 0 saturated heterocycles. The Bertz CT molecular complexity index is 594. The zero-order chi connectivity index (χ0) is 17.4. The quantitative estimate of drug-likeness (QED) is 0.561. The number of aliphatic carboxylic acids is 1. The molecular formula is C15H17NO7. The van der Waals surface area contributed by atoms with Gasteiger partial charge >= 0.3 is 17.9 Å². The van der Waals surface area contributed by atoms with Gasteiger partial charge in [0, 0.05) is 18.9 Å². The molecule has 124 valence electrons. The Labute approximate surface area is 132 Å². The summed E-state index contributed by atoms with van der Waals surface area (Å²) in [6.45, 7) is 1.25. The van der Waals surface area contributed by atoms with Crippen LogP contribution >= 0.6 is 0 Å². The summed E-state index contributed by atoms with van der Waals surface area (Å²) >= 11 is 0. The van der Waals surface area contributed by atoms with Gasteiger partial charge in [-0.25, -0.2) is 4.79 Å². The minimum atomic E-state index is -1.25. The van der Waals surface area contributed by atoms with Gasteiger partial charge in [-0.05, 0) is 30.7 Å². The smallest absolute Gasteiger partial charge is 0.326 e. The van der Waals surface area contributed by atoms with Gasteiger partial charge < -0.3 is 19.9 Å². The normalized spacial score (nSPS) is 11.2. The van der Waals surface area contributed by atoms with Gasteiger partial charge in [-0.1, -0.05) is 0 Å². The fourth-order valence-electron chi connectivity index (χ4n) is 1.70. The number of amides is 1. The van der Waals surface area contributed by atoms with Crippen molar-refractivity contribution in [2.75, 3.05) is 7.11 Å². The number of ether oxygens (including phenoxy) is 2. The molecule has 2 N–H and O–H groups in total. The van der Waals surface area contributed by atoms with Crippen LogP contribution in [0, 0.1) is 0 Å². The zero-order valence-electron chi connectivity index (χ0n) is 12.7. The Kier molecular flexibility index (Phi) is 6.72. The molecule has 0 fully saturated rings. The van der Waals surface area contributed by atoms with Crippen molar-refractivity contribution in [1.82, 2.24) is 5.32 Å². The Morgan fingerprint density at radius 2 is 1.78 bits per heavy atom. The fraction of sp³-hybridized carbons (Fsp3) is 0.333. The maximum Gasteiger partial charge on any atom is 0.326 e. The van der Waals surface area contributed by atoms with Crippen LogP contribution in [0.3, 0.4) is 0 Å². The summed E-state index contributed by atoms with van der Waals surface area (Å²) in [7, 11) is 1.20. The fourth-order valence-corrected chi connectivity index (χ4v) is 1.70. The molecule has 1 rings (SSSR count). The number of hydrogen-bond acceptors (Lipinski definition) is 6. The summed E-state index contributed by atoms with van der Waals surface area (Å²) in [5.74, 6) is -2.64. The molecule has 1 atom stereocenters. The monoisotopic (exact) mass is 323 g/mol. The Hall–Kier alpha value is -2.90. The third kappa shape index (κ3) is 6.16. The second-order valence-electron chi connectivity index (χ2n) is 4.60. The Morgan fingerprint density at radius 1 is 1.17 bits per heavy atom. The molecule has 1 aromatic carbocycles. The standard InChI is InChI=1S/C15H17NO7/c1-9(17)23-11-5-3-10(4-6-11)14(19)16-12(15(20)21)7-8-13(18)22-2/h3-6,12H,7-8H2,1-2H3,(H,16,19)(H,20,21)/t12-/m1/s1. The first-order valence-corrected chi connectivity index (χ1v) is 6.72. The number of methoxy groups -OCH3 is 1. The molecule has 0 aromatic heterocycles. The van der Waals surface area contributed by atoms with E-state index in [-0.39, 0.29) is 24.2 Å². The lowest BCUT2D eigenvalue weighted by Crippen LogP contribution is -2.41. The highest BCUT2D eigenvalue weighted by Crippen LogP contribution is 2.13. The molecule has 0 radical (unpaired) electrons. The van der Waals surface area contributed by atoms with Crippen molar-refractivity contribution in [2.45, 2.75) is 25.8 Å². The second kappa shape index (κ2) is 8.52. The molecule has 0 saturated carbocycles. The van der Waals surface area contributed by atoms with Crippen molar-refractivity contribution in [1.29, 1.82) is 0 Å². The molecule has 0 spiro atoms. The highest BCUT2D eigenvalue weighted by atomic mass is 16.5. The molecule has 0 aliphatic heterocycles. The van der Waals surface area contributed by atoms with Crippen LogP contribution in [0.2, 0.25) is 0 Å². The van der Waals surface area contributed by atoms with E-state index < -0.39 is 29.9 Å². The maximum atomic E-state index is 12.0. The largest absolute Gasteiger partial charge is 0.480 e. The van der Waals surface area contributed by atoms with E-state index in [0.29, 0.717) is 0 Å². The van der Waals surface area contributed by atoms with Crippen LogP contribution in [0.15, 0.2) is 24.3 Å². The Balaban J connectivity index is 2.69. The van der Waals surface area contributed by atoms with E-state index in [1.807, 2.05) is 0 Å². The van der Waals surface area contributed by atoms with E-state index in [1.165, 1.54) is 38.3 Å². The van der Waals surface area contributed by atoms with Crippen LogP contribution in [-0.2, 0) is 19.1 Å². The number of benzene rings is 1. The van der Waals surface area contributed by atoms with Crippen molar-refractivity contribution in [3.8, 4) is 5.75 Å². The molecule has 8 heteroatoms. The van der Waals surface area contributed by atoms with Crippen molar-refractivity contribution in [2.24, 2.45) is 0 Å². The predicted octanol–water partition coefficient (Wildman–Crippen LogP) is 0.748. The minimum absolute atomic E-state index is 0.0840. The number of rotatable bonds is 7. The first-order chi connectivity index (χ1) is 10.8. The number of nitrogens with one attached hydrogen (secondary N) is 1. The van der Waals surface area contributed by atoms with Crippen LogP contribution in [0.1, 0.15) is 30.1 Å². The van der Waals surface area contributed by atoms with Gasteiger partial charge in [0.1, 0.15) is 11.8 Å². The zero-order valence-corrected chi connectivity index (χ0v) is 12.7. The molecule has 23 heavy (non-hydrogen) atoms. The molecule has 8 nitrogen and oxygen atoms in total. The van der Waals surface area contributed by atoms with E-state index in [0.717, 1.165) is 0 Å². The van der Waals surface area contributed by atoms with Crippen LogP contribution < -0.4 is 10.1 Å². The van der Waals surface area contributed by atoms with Gasteiger partial charge in [-0.3, -0.25) is 14.4 Å². The molecule has 1 aromatic rings. The Morgan fingerprint density at radius 3 is 2.26 bits per heavy atom. The predicted molar refractivity (Wildman–Crippen MR) is 77.9 cm³/mol. The highest BCUT2D eigenvalue weighted by Gasteiger charge is 2.21. The van der Waals surface area contributed by atoms with Gasteiger partial charge in [0.2, 0.25) is 0 Å². The van der Waals surface area contributed by atoms with Crippen molar-refractivity contribution in [3.05, 3.63) is 29.8 Å². The lowest BCUT2D eigenvalue weighted by molar-refractivity contribution is -0.142. The maximum absolute atomic E-state index is 12.0. The lowest BCUT2D eigenvalue weighted by Gasteiger charge is -2.14. The van der Waals surface area contributed by atoms with Gasteiger partial charge in [0.25, 0.3) is 5.91 Å². The van der Waals surface area contributed by atoms with E-state index in [4.69, 9.17) is 9.84 Å². The third-order valence-corrected chi connectivity index (χ3v) is 2.85. The topological polar surface area (TPSA) is 119 Å². The third-order valence-electron chi connectivity index (χ3n) is 2.85. The van der Waals surface area contributed by atoms with Gasteiger partial charge in [0.15, 0.2) is 0 Å². The molecule has 1 amide bonds. The first kappa shape index (κ1) is 18.1. The van der Waals surface area contributed by atoms with Crippen LogP contribution in [0.5, 0.6) is 5.75 Å². The van der Waals surface area contributed by atoms with E-state index in [1.54, 1.807) is 0 Å². The SMILES string of the molecule is COC(=O)CC[C@@H](NC(=O)c1ccc(OC(C)=O)cc1)C(=O)O. The highest BCUT2D eigenvalue weighted by molar-refractivity contribution is 5.96. The lowest BCUT2D eigenvalue weighted by atomic mass is 10.1. The molecule has 0 unspecified atom stereocenters. The molecule has 0 heterocycles. The van der Waals surface area contributed by atoms with Crippen LogP contribution in [0.4, 0.5) is 0 Å². The number of carbonyl (C=O) groups excluding carboxylic acids is 3.